The molecular formula is C19H20F2N4O3. The van der Waals surface area contributed by atoms with E-state index in [1.54, 1.807) is 11.0 Å². The zero-order valence-corrected chi connectivity index (χ0v) is 15.3. The number of alkyl halides is 1. The molecule has 148 valence electrons. The van der Waals surface area contributed by atoms with Gasteiger partial charge in [-0.3, -0.25) is 9.69 Å². The summed E-state index contributed by atoms with van der Waals surface area (Å²) in [6.07, 6.45) is -0.901. The molecule has 2 saturated heterocycles. The van der Waals surface area contributed by atoms with Crippen molar-refractivity contribution in [3.8, 4) is 6.07 Å². The number of hydrogen-bond donors (Lipinski definition) is 1. The van der Waals surface area contributed by atoms with Crippen molar-refractivity contribution < 1.29 is 23.1 Å². The molecule has 1 aromatic rings. The smallest absolute Gasteiger partial charge is 0.414 e. The Morgan fingerprint density at radius 1 is 1.46 bits per heavy atom. The van der Waals surface area contributed by atoms with E-state index in [9.17, 15) is 18.4 Å². The van der Waals surface area contributed by atoms with Crippen LogP contribution in [0.4, 0.5) is 25.0 Å². The maximum absolute atomic E-state index is 14.7. The van der Waals surface area contributed by atoms with Gasteiger partial charge in [0.25, 0.3) is 0 Å². The number of benzene rings is 1. The van der Waals surface area contributed by atoms with Crippen LogP contribution in [0.1, 0.15) is 13.3 Å². The summed E-state index contributed by atoms with van der Waals surface area (Å²) >= 11 is 0. The Balaban J connectivity index is 1.69. The second-order valence-corrected chi connectivity index (χ2v) is 6.70. The molecule has 0 saturated carbocycles. The Labute approximate surface area is 161 Å². The average molecular weight is 390 g/mol. The number of amides is 2. The fourth-order valence-corrected chi connectivity index (χ4v) is 3.30. The van der Waals surface area contributed by atoms with Crippen molar-refractivity contribution in [2.75, 3.05) is 36.0 Å². The SMILES string of the molecule is CC(=O)NCC1CN(c2ccc(N3CC/C(=C\C#N)C(F)C3)c(F)c2)C(=O)O1. The summed E-state index contributed by atoms with van der Waals surface area (Å²) in [5, 5.41) is 11.2. The summed E-state index contributed by atoms with van der Waals surface area (Å²) in [4.78, 5) is 25.9. The van der Waals surface area contributed by atoms with E-state index in [0.717, 1.165) is 0 Å². The minimum Gasteiger partial charge on any atom is -0.442 e. The highest BCUT2D eigenvalue weighted by molar-refractivity contribution is 5.90. The van der Waals surface area contributed by atoms with E-state index in [4.69, 9.17) is 10.00 Å². The van der Waals surface area contributed by atoms with Crippen LogP contribution in [0, 0.1) is 17.1 Å². The Morgan fingerprint density at radius 2 is 2.25 bits per heavy atom. The summed E-state index contributed by atoms with van der Waals surface area (Å²) in [5.74, 6) is -0.805. The molecule has 3 rings (SSSR count). The number of piperidine rings is 1. The molecule has 0 bridgehead atoms. The number of nitriles is 1. The van der Waals surface area contributed by atoms with Crippen LogP contribution in [0.15, 0.2) is 29.8 Å². The van der Waals surface area contributed by atoms with Crippen molar-refractivity contribution >= 4 is 23.4 Å². The first-order valence-corrected chi connectivity index (χ1v) is 8.88. The number of allylic oxidation sites excluding steroid dienone is 1. The van der Waals surface area contributed by atoms with Crippen LogP contribution in [0.25, 0.3) is 0 Å². The Hall–Kier alpha value is -3.15. The van der Waals surface area contributed by atoms with E-state index in [-0.39, 0.29) is 31.2 Å². The monoisotopic (exact) mass is 390 g/mol. The van der Waals surface area contributed by atoms with Crippen LogP contribution in [-0.4, -0.2) is 50.5 Å². The molecule has 2 amide bonds. The van der Waals surface area contributed by atoms with E-state index < -0.39 is 24.2 Å². The fraction of sp³-hybridized carbons (Fsp3) is 0.421. The second kappa shape index (κ2) is 8.25. The molecule has 7 nitrogen and oxygen atoms in total. The number of nitrogens with zero attached hydrogens (tertiary/aromatic N) is 3. The molecule has 1 aromatic carbocycles. The van der Waals surface area contributed by atoms with Gasteiger partial charge in [0.15, 0.2) is 0 Å². The molecule has 9 heteroatoms. The molecule has 2 aliphatic rings. The lowest BCUT2D eigenvalue weighted by Crippen LogP contribution is -2.38. The molecule has 0 spiro atoms. The van der Waals surface area contributed by atoms with Crippen molar-refractivity contribution in [3.05, 3.63) is 35.7 Å². The first-order chi connectivity index (χ1) is 13.4. The quantitative estimate of drug-likeness (QED) is 0.798. The van der Waals surface area contributed by atoms with Gasteiger partial charge in [-0.25, -0.2) is 13.6 Å². The first kappa shape index (κ1) is 19.6. The maximum Gasteiger partial charge on any atom is 0.414 e. The summed E-state index contributed by atoms with van der Waals surface area (Å²) in [7, 11) is 0. The molecule has 0 aromatic heterocycles. The van der Waals surface area contributed by atoms with Gasteiger partial charge in [-0.05, 0) is 30.2 Å². The zero-order valence-electron chi connectivity index (χ0n) is 15.3. The summed E-state index contributed by atoms with van der Waals surface area (Å²) in [6.45, 7) is 2.10. The van der Waals surface area contributed by atoms with Gasteiger partial charge < -0.3 is 15.0 Å². The number of hydrogen-bond acceptors (Lipinski definition) is 5. The van der Waals surface area contributed by atoms with Gasteiger partial charge in [-0.2, -0.15) is 5.26 Å². The topological polar surface area (TPSA) is 85.7 Å². The van der Waals surface area contributed by atoms with E-state index in [2.05, 4.69) is 5.32 Å². The van der Waals surface area contributed by atoms with Crippen molar-refractivity contribution in [3.63, 3.8) is 0 Å². The predicted molar refractivity (Wildman–Crippen MR) is 98.1 cm³/mol. The number of halogens is 2. The molecule has 2 atom stereocenters. The lowest BCUT2D eigenvalue weighted by molar-refractivity contribution is -0.119. The van der Waals surface area contributed by atoms with E-state index in [1.807, 2.05) is 6.07 Å². The molecule has 2 aliphatic heterocycles. The number of nitrogens with one attached hydrogen (secondary N) is 1. The van der Waals surface area contributed by atoms with Crippen molar-refractivity contribution in [1.29, 1.82) is 5.26 Å². The van der Waals surface area contributed by atoms with Crippen molar-refractivity contribution in [2.24, 2.45) is 0 Å². The average Bonchev–Trinajstić information content (AvgIpc) is 3.02. The predicted octanol–water partition coefficient (Wildman–Crippen LogP) is 2.29. The zero-order chi connectivity index (χ0) is 20.3. The molecule has 2 fully saturated rings. The number of ether oxygens (including phenoxy) is 1. The van der Waals surface area contributed by atoms with Gasteiger partial charge in [-0.15, -0.1) is 0 Å². The Morgan fingerprint density at radius 3 is 2.89 bits per heavy atom. The van der Waals surface area contributed by atoms with Crippen LogP contribution in [0.3, 0.4) is 0 Å². The molecule has 0 aliphatic carbocycles. The summed E-state index contributed by atoms with van der Waals surface area (Å²) < 4.78 is 34.0. The fourth-order valence-electron chi connectivity index (χ4n) is 3.30. The number of carbonyl (C=O) groups excluding carboxylic acids is 2. The molecular weight excluding hydrogens is 370 g/mol. The largest absolute Gasteiger partial charge is 0.442 e. The normalized spacial score (nSPS) is 23.5. The first-order valence-electron chi connectivity index (χ1n) is 8.88. The van der Waals surface area contributed by atoms with Crippen LogP contribution >= 0.6 is 0 Å². The third-order valence-corrected chi connectivity index (χ3v) is 4.74. The lowest BCUT2D eigenvalue weighted by Gasteiger charge is -2.32. The molecule has 2 unspecified atom stereocenters. The third-order valence-electron chi connectivity index (χ3n) is 4.74. The second-order valence-electron chi connectivity index (χ2n) is 6.70. The van der Waals surface area contributed by atoms with Gasteiger partial charge in [0.2, 0.25) is 5.91 Å². The maximum atomic E-state index is 14.7. The molecule has 28 heavy (non-hydrogen) atoms. The van der Waals surface area contributed by atoms with E-state index in [1.165, 1.54) is 30.0 Å². The minimum atomic E-state index is -1.32. The highest BCUT2D eigenvalue weighted by Gasteiger charge is 2.33. The van der Waals surface area contributed by atoms with Crippen molar-refractivity contribution in [1.82, 2.24) is 5.32 Å². The van der Waals surface area contributed by atoms with Crippen LogP contribution < -0.4 is 15.1 Å². The number of anilines is 2. The van der Waals surface area contributed by atoms with Gasteiger partial charge in [0.05, 0.1) is 37.1 Å². The van der Waals surface area contributed by atoms with E-state index >= 15 is 0 Å². The Kier molecular flexibility index (Phi) is 5.78. The number of rotatable bonds is 4. The van der Waals surface area contributed by atoms with E-state index in [0.29, 0.717) is 24.2 Å². The van der Waals surface area contributed by atoms with Gasteiger partial charge >= 0.3 is 6.09 Å². The van der Waals surface area contributed by atoms with Gasteiger partial charge in [0, 0.05) is 19.5 Å². The summed E-state index contributed by atoms with van der Waals surface area (Å²) in [5.41, 5.74) is 0.987. The lowest BCUT2D eigenvalue weighted by atomic mass is 10.0. The molecule has 1 N–H and O–H groups in total. The number of cyclic esters (lactones) is 1. The van der Waals surface area contributed by atoms with Crippen LogP contribution in [0.2, 0.25) is 0 Å². The molecule has 0 radical (unpaired) electrons. The highest BCUT2D eigenvalue weighted by Crippen LogP contribution is 2.31. The van der Waals surface area contributed by atoms with Gasteiger partial charge in [-0.1, -0.05) is 0 Å². The Bertz CT molecular complexity index is 852. The minimum absolute atomic E-state index is 0.0334. The highest BCUT2D eigenvalue weighted by atomic mass is 19.1. The van der Waals surface area contributed by atoms with Crippen LogP contribution in [0.5, 0.6) is 0 Å². The van der Waals surface area contributed by atoms with Crippen molar-refractivity contribution in [2.45, 2.75) is 25.6 Å². The van der Waals surface area contributed by atoms with Crippen LogP contribution in [-0.2, 0) is 9.53 Å². The molecule has 2 heterocycles. The third kappa shape index (κ3) is 4.22. The summed E-state index contributed by atoms with van der Waals surface area (Å²) in [6, 6.07) is 6.12. The number of carbonyl (C=O) groups is 2. The standard InChI is InChI=1S/C19H20F2N4O3/c1-12(26)23-9-15-10-25(19(27)28-15)14-2-3-18(16(20)8-14)24-7-5-13(4-6-22)17(21)11-24/h2-4,8,15,17H,5,7,9-11H2,1H3,(H,23,26)/b13-4+. The van der Waals surface area contributed by atoms with Gasteiger partial charge in [0.1, 0.15) is 18.1 Å².